The zero-order valence-electron chi connectivity index (χ0n) is 17.8. The highest BCUT2D eigenvalue weighted by molar-refractivity contribution is 5.71. The number of carbonyl (C=O) groups is 1. The summed E-state index contributed by atoms with van der Waals surface area (Å²) in [6.07, 6.45) is 10.1. The fraction of sp³-hybridized carbons (Fsp3) is 0.708. The van der Waals surface area contributed by atoms with E-state index in [1.54, 1.807) is 5.56 Å². The number of hydrogen-bond acceptors (Lipinski definition) is 4. The molecule has 3 aliphatic rings. The third-order valence-corrected chi connectivity index (χ3v) is 7.16. The number of fused-ring (bicyclic) bond motifs is 1. The van der Waals surface area contributed by atoms with Crippen LogP contribution in [0.3, 0.4) is 0 Å². The van der Waals surface area contributed by atoms with Crippen molar-refractivity contribution in [2.24, 2.45) is 11.8 Å². The SMILES string of the molecule is CC(=O)NOCC1CCC(CCN2CCC(c3cccc4c3CCO4)CC2)CC1. The van der Waals surface area contributed by atoms with Crippen LogP contribution in [0, 0.1) is 11.8 Å². The van der Waals surface area contributed by atoms with Crippen molar-refractivity contribution in [3.05, 3.63) is 29.3 Å². The molecule has 1 amide bonds. The zero-order valence-corrected chi connectivity index (χ0v) is 17.8. The highest BCUT2D eigenvalue weighted by Gasteiger charge is 2.27. The molecule has 1 N–H and O–H groups in total. The molecule has 0 bridgehead atoms. The lowest BCUT2D eigenvalue weighted by molar-refractivity contribution is -0.132. The maximum atomic E-state index is 10.9. The molecule has 0 unspecified atom stereocenters. The van der Waals surface area contributed by atoms with E-state index in [1.165, 1.54) is 77.1 Å². The normalized spacial score (nSPS) is 25.4. The standard InChI is InChI=1S/C24H36N2O3/c1-18(27)25-29-17-20-7-5-19(6-8-20)9-13-26-14-10-21(11-15-26)22-3-2-4-24-23(22)12-16-28-24/h2-4,19-21H,5-17H2,1H3,(H,25,27). The summed E-state index contributed by atoms with van der Waals surface area (Å²) >= 11 is 0. The number of rotatable bonds is 7. The van der Waals surface area contributed by atoms with Gasteiger partial charge >= 0.3 is 0 Å². The molecule has 5 heteroatoms. The van der Waals surface area contributed by atoms with Crippen LogP contribution in [-0.4, -0.2) is 43.7 Å². The summed E-state index contributed by atoms with van der Waals surface area (Å²) in [6.45, 7) is 6.71. The average molecular weight is 401 g/mol. The van der Waals surface area contributed by atoms with Gasteiger partial charge in [0.15, 0.2) is 0 Å². The molecule has 2 aliphatic heterocycles. The van der Waals surface area contributed by atoms with Crippen molar-refractivity contribution in [2.45, 2.75) is 64.2 Å². The van der Waals surface area contributed by atoms with Gasteiger partial charge in [0.25, 0.3) is 0 Å². The minimum absolute atomic E-state index is 0.118. The molecule has 1 saturated carbocycles. The van der Waals surface area contributed by atoms with Crippen molar-refractivity contribution < 1.29 is 14.4 Å². The fourth-order valence-corrected chi connectivity index (χ4v) is 5.41. The van der Waals surface area contributed by atoms with Crippen LogP contribution in [0.15, 0.2) is 18.2 Å². The summed E-state index contributed by atoms with van der Waals surface area (Å²) in [5.41, 5.74) is 5.48. The summed E-state index contributed by atoms with van der Waals surface area (Å²) in [4.78, 5) is 18.8. The maximum absolute atomic E-state index is 10.9. The van der Waals surface area contributed by atoms with Crippen molar-refractivity contribution in [2.75, 3.05) is 32.8 Å². The number of piperidine rings is 1. The number of nitrogens with one attached hydrogen (secondary N) is 1. The Balaban J connectivity index is 1.14. The summed E-state index contributed by atoms with van der Waals surface area (Å²) in [6, 6.07) is 6.63. The van der Waals surface area contributed by atoms with E-state index in [4.69, 9.17) is 9.57 Å². The highest BCUT2D eigenvalue weighted by Crippen LogP contribution is 2.37. The lowest BCUT2D eigenvalue weighted by Gasteiger charge is -2.35. The van der Waals surface area contributed by atoms with Gasteiger partial charge in [0.2, 0.25) is 5.91 Å². The van der Waals surface area contributed by atoms with Crippen LogP contribution >= 0.6 is 0 Å². The van der Waals surface area contributed by atoms with Crippen molar-refractivity contribution in [1.82, 2.24) is 10.4 Å². The number of ether oxygens (including phenoxy) is 1. The summed E-state index contributed by atoms with van der Waals surface area (Å²) in [5, 5.41) is 0. The van der Waals surface area contributed by atoms with Gasteiger partial charge in [0, 0.05) is 18.9 Å². The second-order valence-corrected chi connectivity index (χ2v) is 9.18. The van der Waals surface area contributed by atoms with Gasteiger partial charge < -0.3 is 9.64 Å². The lowest BCUT2D eigenvalue weighted by atomic mass is 9.80. The molecule has 1 aliphatic carbocycles. The first-order valence-corrected chi connectivity index (χ1v) is 11.5. The number of hydroxylamine groups is 1. The number of benzene rings is 1. The van der Waals surface area contributed by atoms with Crippen LogP contribution in [0.25, 0.3) is 0 Å². The van der Waals surface area contributed by atoms with E-state index >= 15 is 0 Å². The largest absolute Gasteiger partial charge is 0.493 e. The Hall–Kier alpha value is -1.59. The first-order valence-electron chi connectivity index (χ1n) is 11.5. The van der Waals surface area contributed by atoms with Gasteiger partial charge in [-0.15, -0.1) is 0 Å². The van der Waals surface area contributed by atoms with Gasteiger partial charge in [-0.2, -0.15) is 0 Å². The van der Waals surface area contributed by atoms with Gasteiger partial charge in [0.05, 0.1) is 13.2 Å². The smallest absolute Gasteiger partial charge is 0.240 e. The van der Waals surface area contributed by atoms with Crippen LogP contribution in [0.5, 0.6) is 5.75 Å². The van der Waals surface area contributed by atoms with E-state index in [9.17, 15) is 4.79 Å². The molecule has 0 atom stereocenters. The Morgan fingerprint density at radius 1 is 1.14 bits per heavy atom. The molecule has 0 radical (unpaired) electrons. The molecule has 0 aromatic heterocycles. The Kier molecular flexibility index (Phi) is 7.09. The minimum Gasteiger partial charge on any atom is -0.493 e. The summed E-state index contributed by atoms with van der Waals surface area (Å²) < 4.78 is 5.76. The van der Waals surface area contributed by atoms with Gasteiger partial charge in [-0.1, -0.05) is 25.0 Å². The number of hydrogen-bond donors (Lipinski definition) is 1. The number of carbonyl (C=O) groups excluding carboxylic acids is 1. The van der Waals surface area contributed by atoms with E-state index in [1.807, 2.05) is 0 Å². The van der Waals surface area contributed by atoms with Crippen molar-refractivity contribution in [1.29, 1.82) is 0 Å². The molecular weight excluding hydrogens is 364 g/mol. The minimum atomic E-state index is -0.118. The second-order valence-electron chi connectivity index (χ2n) is 9.18. The van der Waals surface area contributed by atoms with Gasteiger partial charge in [-0.25, -0.2) is 5.48 Å². The molecule has 4 rings (SSSR count). The molecule has 1 aromatic carbocycles. The topological polar surface area (TPSA) is 50.8 Å². The maximum Gasteiger partial charge on any atom is 0.240 e. The van der Waals surface area contributed by atoms with Gasteiger partial charge in [0.1, 0.15) is 5.75 Å². The molecule has 2 fully saturated rings. The third kappa shape index (κ3) is 5.52. The molecular formula is C24H36N2O3. The van der Waals surface area contributed by atoms with E-state index in [0.29, 0.717) is 18.4 Å². The summed E-state index contributed by atoms with van der Waals surface area (Å²) in [5.74, 6) is 3.18. The Morgan fingerprint density at radius 2 is 1.90 bits per heavy atom. The Bertz CT molecular complexity index is 677. The van der Waals surface area contributed by atoms with E-state index in [-0.39, 0.29) is 5.91 Å². The van der Waals surface area contributed by atoms with E-state index < -0.39 is 0 Å². The van der Waals surface area contributed by atoms with Crippen LogP contribution in [-0.2, 0) is 16.1 Å². The van der Waals surface area contributed by atoms with Crippen LogP contribution < -0.4 is 10.2 Å². The zero-order chi connectivity index (χ0) is 20.1. The molecule has 5 nitrogen and oxygen atoms in total. The predicted molar refractivity (Wildman–Crippen MR) is 114 cm³/mol. The first kappa shape index (κ1) is 20.7. The Labute approximate surface area is 175 Å². The molecule has 1 aromatic rings. The number of amides is 1. The summed E-state index contributed by atoms with van der Waals surface area (Å²) in [7, 11) is 0. The molecule has 1 saturated heterocycles. The molecule has 2 heterocycles. The van der Waals surface area contributed by atoms with Gasteiger partial charge in [-0.05, 0) is 81.1 Å². The third-order valence-electron chi connectivity index (χ3n) is 7.16. The first-order chi connectivity index (χ1) is 14.2. The second kappa shape index (κ2) is 9.94. The van der Waals surface area contributed by atoms with Crippen molar-refractivity contribution in [3.63, 3.8) is 0 Å². The molecule has 0 spiro atoms. The van der Waals surface area contributed by atoms with Crippen molar-refractivity contribution in [3.8, 4) is 5.75 Å². The monoisotopic (exact) mass is 400 g/mol. The number of likely N-dealkylation sites (tertiary alicyclic amines) is 1. The fourth-order valence-electron chi connectivity index (χ4n) is 5.41. The van der Waals surface area contributed by atoms with Crippen LogP contribution in [0.4, 0.5) is 0 Å². The average Bonchev–Trinajstić information content (AvgIpc) is 3.22. The van der Waals surface area contributed by atoms with E-state index in [2.05, 4.69) is 28.6 Å². The van der Waals surface area contributed by atoms with Crippen molar-refractivity contribution >= 4 is 5.91 Å². The number of nitrogens with zero attached hydrogens (tertiary/aromatic N) is 1. The van der Waals surface area contributed by atoms with E-state index in [0.717, 1.165) is 24.7 Å². The van der Waals surface area contributed by atoms with Crippen LogP contribution in [0.2, 0.25) is 0 Å². The Morgan fingerprint density at radius 3 is 2.66 bits per heavy atom. The van der Waals surface area contributed by atoms with Crippen LogP contribution in [0.1, 0.15) is 68.9 Å². The molecule has 29 heavy (non-hydrogen) atoms. The van der Waals surface area contributed by atoms with Gasteiger partial charge in [-0.3, -0.25) is 9.63 Å². The molecule has 160 valence electrons. The predicted octanol–water partition coefficient (Wildman–Crippen LogP) is 4.07. The quantitative estimate of drug-likeness (QED) is 0.701. The highest BCUT2D eigenvalue weighted by atomic mass is 16.6. The lowest BCUT2D eigenvalue weighted by Crippen LogP contribution is -2.35.